The molecule has 2 amide bonds. The topological polar surface area (TPSA) is 61.9 Å². The molecule has 0 atom stereocenters. The third-order valence-corrected chi connectivity index (χ3v) is 3.86. The zero-order chi connectivity index (χ0) is 16.1. The molecule has 0 bridgehead atoms. The Morgan fingerprint density at radius 3 is 2.45 bits per heavy atom. The van der Waals surface area contributed by atoms with Crippen LogP contribution in [0.1, 0.15) is 24.2 Å². The number of carbonyl (C=O) groups is 2. The smallest absolute Gasteiger partial charge is 0.254 e. The van der Waals surface area contributed by atoms with Crippen LogP contribution in [-0.4, -0.2) is 61.4 Å². The third kappa shape index (κ3) is 3.76. The molecule has 0 aromatic heterocycles. The highest BCUT2D eigenvalue weighted by molar-refractivity contribution is 5.98. The summed E-state index contributed by atoms with van der Waals surface area (Å²) in [5, 5.41) is 2.70. The quantitative estimate of drug-likeness (QED) is 0.914. The lowest BCUT2D eigenvalue weighted by Gasteiger charge is -2.34. The molecule has 0 unspecified atom stereocenters. The highest BCUT2D eigenvalue weighted by atomic mass is 16.5. The van der Waals surface area contributed by atoms with E-state index in [0.717, 1.165) is 32.7 Å². The number of ether oxygens (including phenoxy) is 1. The van der Waals surface area contributed by atoms with E-state index < -0.39 is 0 Å². The first-order valence-electron chi connectivity index (χ1n) is 7.52. The molecule has 6 heteroatoms. The third-order valence-electron chi connectivity index (χ3n) is 3.86. The maximum absolute atomic E-state index is 12.6. The van der Waals surface area contributed by atoms with Gasteiger partial charge < -0.3 is 19.9 Å². The Balaban J connectivity index is 2.14. The second-order valence-electron chi connectivity index (χ2n) is 5.32. The second-order valence-corrected chi connectivity index (χ2v) is 5.32. The average molecular weight is 305 g/mol. The van der Waals surface area contributed by atoms with Crippen LogP contribution >= 0.6 is 0 Å². The molecule has 1 heterocycles. The fourth-order valence-corrected chi connectivity index (χ4v) is 2.58. The van der Waals surface area contributed by atoms with Gasteiger partial charge in [-0.05, 0) is 24.7 Å². The lowest BCUT2D eigenvalue weighted by molar-refractivity contribution is -0.114. The van der Waals surface area contributed by atoms with Crippen molar-refractivity contribution < 1.29 is 14.3 Å². The Bertz CT molecular complexity index is 552. The molecule has 1 N–H and O–H groups in total. The minimum Gasteiger partial charge on any atom is -0.495 e. The number of nitrogens with zero attached hydrogens (tertiary/aromatic N) is 2. The van der Waals surface area contributed by atoms with Crippen LogP contribution in [0.25, 0.3) is 0 Å². The van der Waals surface area contributed by atoms with E-state index in [2.05, 4.69) is 17.1 Å². The van der Waals surface area contributed by atoms with Gasteiger partial charge in [-0.1, -0.05) is 6.92 Å². The molecule has 6 nitrogen and oxygen atoms in total. The van der Waals surface area contributed by atoms with Gasteiger partial charge in [0.05, 0.1) is 12.8 Å². The summed E-state index contributed by atoms with van der Waals surface area (Å²) in [5.74, 6) is 0.340. The molecule has 1 fully saturated rings. The Labute approximate surface area is 131 Å². The Morgan fingerprint density at radius 1 is 1.23 bits per heavy atom. The van der Waals surface area contributed by atoms with Crippen molar-refractivity contribution in [3.05, 3.63) is 23.8 Å². The number of likely N-dealkylation sites (N-methyl/N-ethyl adjacent to an activating group) is 1. The minimum absolute atomic E-state index is 0.00925. The van der Waals surface area contributed by atoms with Gasteiger partial charge >= 0.3 is 0 Å². The molecule has 1 aromatic rings. The number of carbonyl (C=O) groups excluding carboxylic acids is 2. The van der Waals surface area contributed by atoms with Crippen molar-refractivity contribution in [2.45, 2.75) is 13.8 Å². The molecule has 1 aliphatic rings. The van der Waals surface area contributed by atoms with Crippen LogP contribution in [0.15, 0.2) is 18.2 Å². The molecule has 120 valence electrons. The second kappa shape index (κ2) is 7.26. The first kappa shape index (κ1) is 16.3. The molecule has 0 spiro atoms. The van der Waals surface area contributed by atoms with E-state index in [1.54, 1.807) is 18.2 Å². The van der Waals surface area contributed by atoms with Crippen molar-refractivity contribution in [2.24, 2.45) is 0 Å². The number of benzene rings is 1. The van der Waals surface area contributed by atoms with Crippen LogP contribution in [0.4, 0.5) is 5.69 Å². The maximum atomic E-state index is 12.6. The number of anilines is 1. The first-order chi connectivity index (χ1) is 10.5. The monoisotopic (exact) mass is 305 g/mol. The predicted molar refractivity (Wildman–Crippen MR) is 85.3 cm³/mol. The zero-order valence-electron chi connectivity index (χ0n) is 13.4. The van der Waals surface area contributed by atoms with Gasteiger partial charge in [0.25, 0.3) is 5.91 Å². The molecule has 1 saturated heterocycles. The summed E-state index contributed by atoms with van der Waals surface area (Å²) >= 11 is 0. The number of piperazine rings is 1. The summed E-state index contributed by atoms with van der Waals surface area (Å²) < 4.78 is 5.21. The number of hydrogen-bond acceptors (Lipinski definition) is 4. The van der Waals surface area contributed by atoms with Crippen LogP contribution in [-0.2, 0) is 4.79 Å². The van der Waals surface area contributed by atoms with Crippen LogP contribution in [0.5, 0.6) is 5.75 Å². The SMILES string of the molecule is CCN1CCN(C(=O)c2ccc(OC)c(NC(C)=O)c2)CC1. The van der Waals surface area contributed by atoms with Crippen LogP contribution < -0.4 is 10.1 Å². The van der Waals surface area contributed by atoms with Gasteiger partial charge in [-0.15, -0.1) is 0 Å². The van der Waals surface area contributed by atoms with E-state index in [-0.39, 0.29) is 11.8 Å². The van der Waals surface area contributed by atoms with Gasteiger partial charge in [0, 0.05) is 38.7 Å². The summed E-state index contributed by atoms with van der Waals surface area (Å²) in [6.07, 6.45) is 0. The van der Waals surface area contributed by atoms with Crippen LogP contribution in [0.2, 0.25) is 0 Å². The van der Waals surface area contributed by atoms with E-state index in [1.165, 1.54) is 14.0 Å². The number of amides is 2. The largest absolute Gasteiger partial charge is 0.495 e. The van der Waals surface area contributed by atoms with E-state index in [4.69, 9.17) is 4.74 Å². The van der Waals surface area contributed by atoms with Crippen molar-refractivity contribution in [3.63, 3.8) is 0 Å². The van der Waals surface area contributed by atoms with Gasteiger partial charge in [-0.25, -0.2) is 0 Å². The lowest BCUT2D eigenvalue weighted by atomic mass is 10.1. The molecular weight excluding hydrogens is 282 g/mol. The fraction of sp³-hybridized carbons (Fsp3) is 0.500. The number of rotatable bonds is 4. The highest BCUT2D eigenvalue weighted by Gasteiger charge is 2.22. The summed E-state index contributed by atoms with van der Waals surface area (Å²) in [6.45, 7) is 7.83. The highest BCUT2D eigenvalue weighted by Crippen LogP contribution is 2.26. The van der Waals surface area contributed by atoms with E-state index in [0.29, 0.717) is 17.0 Å². The average Bonchev–Trinajstić information content (AvgIpc) is 2.53. The Hall–Kier alpha value is -2.08. The van der Waals surface area contributed by atoms with Gasteiger partial charge in [-0.2, -0.15) is 0 Å². The lowest BCUT2D eigenvalue weighted by Crippen LogP contribution is -2.48. The molecule has 0 aliphatic carbocycles. The Morgan fingerprint density at radius 2 is 1.91 bits per heavy atom. The van der Waals surface area contributed by atoms with Gasteiger partial charge in [0.1, 0.15) is 5.75 Å². The van der Waals surface area contributed by atoms with E-state index >= 15 is 0 Å². The van der Waals surface area contributed by atoms with Crippen LogP contribution in [0.3, 0.4) is 0 Å². The first-order valence-corrected chi connectivity index (χ1v) is 7.52. The molecule has 22 heavy (non-hydrogen) atoms. The molecule has 1 aromatic carbocycles. The Kier molecular flexibility index (Phi) is 5.38. The van der Waals surface area contributed by atoms with Crippen molar-refractivity contribution in [1.82, 2.24) is 9.80 Å². The van der Waals surface area contributed by atoms with Crippen molar-refractivity contribution in [2.75, 3.05) is 45.2 Å². The van der Waals surface area contributed by atoms with Gasteiger partial charge in [0.15, 0.2) is 0 Å². The van der Waals surface area contributed by atoms with E-state index in [9.17, 15) is 9.59 Å². The number of methoxy groups -OCH3 is 1. The van der Waals surface area contributed by atoms with Crippen LogP contribution in [0, 0.1) is 0 Å². The summed E-state index contributed by atoms with van der Waals surface area (Å²) in [6, 6.07) is 5.12. The van der Waals surface area contributed by atoms with Gasteiger partial charge in [-0.3, -0.25) is 9.59 Å². The fourth-order valence-electron chi connectivity index (χ4n) is 2.58. The van der Waals surface area contributed by atoms with Crippen molar-refractivity contribution in [3.8, 4) is 5.75 Å². The van der Waals surface area contributed by atoms with Crippen molar-refractivity contribution in [1.29, 1.82) is 0 Å². The predicted octanol–water partition coefficient (Wildman–Crippen LogP) is 1.43. The molecule has 0 radical (unpaired) electrons. The summed E-state index contributed by atoms with van der Waals surface area (Å²) in [5.41, 5.74) is 1.09. The molecule has 2 rings (SSSR count). The standard InChI is InChI=1S/C16H23N3O3/c1-4-18-7-9-19(10-8-18)16(21)13-5-6-15(22-3)14(11-13)17-12(2)20/h5-6,11H,4,7-10H2,1-3H3,(H,17,20). The maximum Gasteiger partial charge on any atom is 0.254 e. The molecule has 1 aliphatic heterocycles. The zero-order valence-corrected chi connectivity index (χ0v) is 13.4. The summed E-state index contributed by atoms with van der Waals surface area (Å²) in [7, 11) is 1.53. The number of nitrogens with one attached hydrogen (secondary N) is 1. The minimum atomic E-state index is -0.195. The van der Waals surface area contributed by atoms with E-state index in [1.807, 2.05) is 4.90 Å². The van der Waals surface area contributed by atoms with Crippen molar-refractivity contribution >= 4 is 17.5 Å². The number of hydrogen-bond donors (Lipinski definition) is 1. The normalized spacial score (nSPS) is 15.5. The summed E-state index contributed by atoms with van der Waals surface area (Å²) in [4.78, 5) is 28.0. The molecule has 0 saturated carbocycles. The molecular formula is C16H23N3O3. The van der Waals surface area contributed by atoms with Gasteiger partial charge in [0.2, 0.25) is 5.91 Å².